The van der Waals surface area contributed by atoms with Gasteiger partial charge in [0.25, 0.3) is 5.91 Å². The monoisotopic (exact) mass is 345 g/mol. The van der Waals surface area contributed by atoms with Gasteiger partial charge in [-0.1, -0.05) is 23.7 Å². The lowest BCUT2D eigenvalue weighted by atomic mass is 10.2. The molecule has 116 valence electrons. The van der Waals surface area contributed by atoms with Crippen molar-refractivity contribution in [3.63, 3.8) is 0 Å². The molecule has 2 aromatic heterocycles. The van der Waals surface area contributed by atoms with Crippen molar-refractivity contribution in [1.29, 1.82) is 0 Å². The summed E-state index contributed by atoms with van der Waals surface area (Å²) >= 11 is 7.14. The van der Waals surface area contributed by atoms with Crippen LogP contribution in [0.25, 0.3) is 0 Å². The highest BCUT2D eigenvalue weighted by Gasteiger charge is 2.11. The zero-order chi connectivity index (χ0) is 16.1. The maximum Gasteiger partial charge on any atom is 0.271 e. The number of nitrogens with one attached hydrogen (secondary N) is 2. The number of rotatable bonds is 5. The van der Waals surface area contributed by atoms with Gasteiger partial charge in [-0.05, 0) is 23.8 Å². The Morgan fingerprint density at radius 3 is 2.65 bits per heavy atom. The standard InChI is InChI=1S/C15H12ClN5OS/c16-11-4-2-10(3-5-11)8-19-13(22)12-9-23-15(20-12)21-14-17-6-1-7-18-14/h1-7,9H,8H2,(H,19,22)(H,17,18,20,21). The van der Waals surface area contributed by atoms with E-state index >= 15 is 0 Å². The van der Waals surface area contributed by atoms with Crippen molar-refractivity contribution in [2.24, 2.45) is 0 Å². The van der Waals surface area contributed by atoms with E-state index in [1.54, 1.807) is 36.0 Å². The van der Waals surface area contributed by atoms with E-state index in [1.165, 1.54) is 11.3 Å². The summed E-state index contributed by atoms with van der Waals surface area (Å²) in [4.78, 5) is 24.4. The number of aromatic nitrogens is 3. The van der Waals surface area contributed by atoms with Crippen LogP contribution in [-0.2, 0) is 6.54 Å². The summed E-state index contributed by atoms with van der Waals surface area (Å²) in [5, 5.41) is 8.68. The predicted molar refractivity (Wildman–Crippen MR) is 90.1 cm³/mol. The molecule has 0 radical (unpaired) electrons. The first-order chi connectivity index (χ1) is 11.2. The Hall–Kier alpha value is -2.51. The van der Waals surface area contributed by atoms with Crippen molar-refractivity contribution >= 4 is 39.9 Å². The first-order valence-electron chi connectivity index (χ1n) is 6.73. The van der Waals surface area contributed by atoms with Crippen LogP contribution in [-0.4, -0.2) is 20.9 Å². The zero-order valence-electron chi connectivity index (χ0n) is 11.9. The molecule has 2 heterocycles. The summed E-state index contributed by atoms with van der Waals surface area (Å²) in [6, 6.07) is 9.02. The highest BCUT2D eigenvalue weighted by atomic mass is 35.5. The predicted octanol–water partition coefficient (Wildman–Crippen LogP) is 3.26. The highest BCUT2D eigenvalue weighted by molar-refractivity contribution is 7.14. The molecule has 6 nitrogen and oxygen atoms in total. The molecule has 0 bridgehead atoms. The maximum absolute atomic E-state index is 12.1. The average Bonchev–Trinajstić information content (AvgIpc) is 3.03. The number of hydrogen-bond acceptors (Lipinski definition) is 6. The van der Waals surface area contributed by atoms with E-state index in [1.807, 2.05) is 12.1 Å². The van der Waals surface area contributed by atoms with Gasteiger partial charge in [-0.3, -0.25) is 4.79 Å². The number of halogens is 1. The van der Waals surface area contributed by atoms with Crippen LogP contribution in [0.5, 0.6) is 0 Å². The van der Waals surface area contributed by atoms with Gasteiger partial charge in [0.05, 0.1) is 0 Å². The molecule has 0 unspecified atom stereocenters. The molecule has 1 amide bonds. The van der Waals surface area contributed by atoms with Gasteiger partial charge < -0.3 is 10.6 Å². The van der Waals surface area contributed by atoms with Crippen LogP contribution < -0.4 is 10.6 Å². The molecule has 0 saturated heterocycles. The molecule has 8 heteroatoms. The van der Waals surface area contributed by atoms with Gasteiger partial charge in [-0.2, -0.15) is 0 Å². The van der Waals surface area contributed by atoms with Gasteiger partial charge in [-0.25, -0.2) is 15.0 Å². The van der Waals surface area contributed by atoms with Crippen LogP contribution in [0.2, 0.25) is 5.02 Å². The second-order valence-corrected chi connectivity index (χ2v) is 5.84. The Bertz CT molecular complexity index is 791. The second kappa shape index (κ2) is 7.17. The van der Waals surface area contributed by atoms with E-state index in [0.717, 1.165) is 5.56 Å². The fraction of sp³-hybridized carbons (Fsp3) is 0.0667. The first-order valence-corrected chi connectivity index (χ1v) is 7.99. The molecule has 0 aliphatic rings. The minimum absolute atomic E-state index is 0.238. The summed E-state index contributed by atoms with van der Waals surface area (Å²) in [7, 11) is 0. The molecule has 0 spiro atoms. The molecular formula is C15H12ClN5OS. The summed E-state index contributed by atoms with van der Waals surface area (Å²) in [6.07, 6.45) is 3.26. The Labute approximate surface area is 141 Å². The van der Waals surface area contributed by atoms with E-state index < -0.39 is 0 Å². The third kappa shape index (κ3) is 4.24. The summed E-state index contributed by atoms with van der Waals surface area (Å²) in [6.45, 7) is 0.415. The molecule has 0 aliphatic carbocycles. The van der Waals surface area contributed by atoms with Crippen molar-refractivity contribution in [3.05, 3.63) is 64.4 Å². The normalized spacial score (nSPS) is 10.3. The minimum atomic E-state index is -0.238. The van der Waals surface area contributed by atoms with E-state index in [0.29, 0.717) is 28.3 Å². The van der Waals surface area contributed by atoms with Crippen LogP contribution >= 0.6 is 22.9 Å². The van der Waals surface area contributed by atoms with Crippen LogP contribution in [0.1, 0.15) is 16.1 Å². The summed E-state index contributed by atoms with van der Waals surface area (Å²) in [5.41, 5.74) is 1.32. The van der Waals surface area contributed by atoms with Crippen molar-refractivity contribution < 1.29 is 4.79 Å². The number of anilines is 2. The van der Waals surface area contributed by atoms with E-state index in [4.69, 9.17) is 11.6 Å². The van der Waals surface area contributed by atoms with Crippen LogP contribution in [0.3, 0.4) is 0 Å². The second-order valence-electron chi connectivity index (χ2n) is 4.54. The third-order valence-corrected chi connectivity index (χ3v) is 3.90. The van der Waals surface area contributed by atoms with Crippen LogP contribution in [0.4, 0.5) is 11.1 Å². The Balaban J connectivity index is 1.59. The fourth-order valence-electron chi connectivity index (χ4n) is 1.77. The van der Waals surface area contributed by atoms with Crippen molar-refractivity contribution in [1.82, 2.24) is 20.3 Å². The number of carbonyl (C=O) groups excluding carboxylic acids is 1. The number of nitrogens with zero attached hydrogens (tertiary/aromatic N) is 3. The van der Waals surface area contributed by atoms with Crippen molar-refractivity contribution in [3.8, 4) is 0 Å². The molecule has 0 aliphatic heterocycles. The lowest BCUT2D eigenvalue weighted by Gasteiger charge is -2.03. The number of carbonyl (C=O) groups is 1. The van der Waals surface area contributed by atoms with Crippen LogP contribution in [0, 0.1) is 0 Å². The lowest BCUT2D eigenvalue weighted by Crippen LogP contribution is -2.23. The smallest absolute Gasteiger partial charge is 0.271 e. The molecular weight excluding hydrogens is 334 g/mol. The number of benzene rings is 1. The number of amides is 1. The topological polar surface area (TPSA) is 79.8 Å². The molecule has 2 N–H and O–H groups in total. The third-order valence-electron chi connectivity index (χ3n) is 2.89. The highest BCUT2D eigenvalue weighted by Crippen LogP contribution is 2.18. The van der Waals surface area contributed by atoms with E-state index in [9.17, 15) is 4.79 Å². The molecule has 0 fully saturated rings. The Morgan fingerprint density at radius 1 is 1.17 bits per heavy atom. The zero-order valence-corrected chi connectivity index (χ0v) is 13.4. The molecule has 1 aromatic carbocycles. The largest absolute Gasteiger partial charge is 0.347 e. The van der Waals surface area contributed by atoms with Gasteiger partial charge in [0.2, 0.25) is 5.95 Å². The SMILES string of the molecule is O=C(NCc1ccc(Cl)cc1)c1csc(Nc2ncccn2)n1. The number of hydrogen-bond donors (Lipinski definition) is 2. The molecule has 0 atom stereocenters. The van der Waals surface area contributed by atoms with Crippen molar-refractivity contribution in [2.75, 3.05) is 5.32 Å². The number of thiazole rings is 1. The van der Waals surface area contributed by atoms with E-state index in [-0.39, 0.29) is 5.91 Å². The summed E-state index contributed by atoms with van der Waals surface area (Å²) < 4.78 is 0. The molecule has 3 rings (SSSR count). The molecule has 23 heavy (non-hydrogen) atoms. The van der Waals surface area contributed by atoms with Gasteiger partial charge in [0, 0.05) is 29.3 Å². The van der Waals surface area contributed by atoms with Crippen molar-refractivity contribution in [2.45, 2.75) is 6.54 Å². The van der Waals surface area contributed by atoms with E-state index in [2.05, 4.69) is 25.6 Å². The quantitative estimate of drug-likeness (QED) is 0.742. The van der Waals surface area contributed by atoms with Gasteiger partial charge in [-0.15, -0.1) is 11.3 Å². The fourth-order valence-corrected chi connectivity index (χ4v) is 2.58. The Kier molecular flexibility index (Phi) is 4.80. The lowest BCUT2D eigenvalue weighted by molar-refractivity contribution is 0.0946. The van der Waals surface area contributed by atoms with Crippen LogP contribution in [0.15, 0.2) is 48.1 Å². The van der Waals surface area contributed by atoms with Gasteiger partial charge in [0.15, 0.2) is 5.13 Å². The molecule has 0 saturated carbocycles. The molecule has 3 aromatic rings. The average molecular weight is 346 g/mol. The first kappa shape index (κ1) is 15.4. The summed E-state index contributed by atoms with van der Waals surface area (Å²) in [5.74, 6) is 0.202. The maximum atomic E-state index is 12.1. The Morgan fingerprint density at radius 2 is 1.91 bits per heavy atom. The van der Waals surface area contributed by atoms with Gasteiger partial charge in [0.1, 0.15) is 5.69 Å². The van der Waals surface area contributed by atoms with Gasteiger partial charge >= 0.3 is 0 Å². The minimum Gasteiger partial charge on any atom is -0.347 e.